The van der Waals surface area contributed by atoms with E-state index in [0.29, 0.717) is 0 Å². The lowest BCUT2D eigenvalue weighted by atomic mass is 9.89. The molecule has 0 aromatic rings. The van der Waals surface area contributed by atoms with Gasteiger partial charge in [-0.3, -0.25) is 14.4 Å². The number of rotatable bonds is 9. The number of alkyl carbamates (subject to hydrolysis) is 1. The van der Waals surface area contributed by atoms with Crippen LogP contribution in [-0.2, 0) is 23.9 Å². The largest absolute Gasteiger partial charge is 0.469 e. The molecule has 0 aliphatic carbocycles. The average molecular weight is 432 g/mol. The SMILES string of the molecule is COC(=O)C(C)(C)CNC(=O)C(C)(C)CNC(=O)C(C)(C)[13CH2][15NH]C(=O)OC(C)(C)C. The van der Waals surface area contributed by atoms with Crippen LogP contribution in [0, 0.1) is 16.2 Å². The zero-order valence-corrected chi connectivity index (χ0v) is 20.1. The highest BCUT2D eigenvalue weighted by molar-refractivity contribution is 5.86. The molecule has 0 atom stereocenters. The van der Waals surface area contributed by atoms with Crippen LogP contribution in [0.5, 0.6) is 0 Å². The van der Waals surface area contributed by atoms with E-state index < -0.39 is 33.9 Å². The van der Waals surface area contributed by atoms with E-state index >= 15 is 0 Å². The highest BCUT2D eigenvalue weighted by atomic mass is 16.6. The third-order valence-electron chi connectivity index (χ3n) is 4.42. The van der Waals surface area contributed by atoms with E-state index in [0.717, 1.165) is 0 Å². The molecule has 0 saturated carbocycles. The van der Waals surface area contributed by atoms with E-state index in [-0.39, 0.29) is 31.4 Å². The number of methoxy groups -OCH3 is 1. The summed E-state index contributed by atoms with van der Waals surface area (Å²) < 4.78 is 9.90. The molecule has 0 aromatic heterocycles. The van der Waals surface area contributed by atoms with Crippen molar-refractivity contribution in [3.8, 4) is 0 Å². The summed E-state index contributed by atoms with van der Waals surface area (Å²) in [6, 6.07) is 0. The third-order valence-corrected chi connectivity index (χ3v) is 4.42. The first-order valence-corrected chi connectivity index (χ1v) is 9.96. The summed E-state index contributed by atoms with van der Waals surface area (Å²) in [4.78, 5) is 48.7. The summed E-state index contributed by atoms with van der Waals surface area (Å²) in [5.41, 5.74) is -3.30. The van der Waals surface area contributed by atoms with Crippen molar-refractivity contribution in [2.24, 2.45) is 16.2 Å². The van der Waals surface area contributed by atoms with Crippen molar-refractivity contribution in [3.63, 3.8) is 0 Å². The van der Waals surface area contributed by atoms with Gasteiger partial charge in [-0.15, -0.1) is 0 Å². The lowest BCUT2D eigenvalue weighted by Crippen LogP contribution is -2.51. The average Bonchev–Trinajstić information content (AvgIpc) is 2.60. The number of nitrogens with one attached hydrogen (secondary N) is 3. The zero-order chi connectivity index (χ0) is 24.0. The Labute approximate surface area is 180 Å². The Balaban J connectivity index is 4.72. The molecule has 30 heavy (non-hydrogen) atoms. The molecule has 0 aliphatic rings. The summed E-state index contributed by atoms with van der Waals surface area (Å²) >= 11 is 0. The van der Waals surface area contributed by atoms with E-state index in [1.807, 2.05) is 0 Å². The van der Waals surface area contributed by atoms with Gasteiger partial charge >= 0.3 is 12.1 Å². The van der Waals surface area contributed by atoms with Gasteiger partial charge < -0.3 is 25.4 Å². The van der Waals surface area contributed by atoms with Crippen LogP contribution in [-0.4, -0.2) is 56.2 Å². The van der Waals surface area contributed by atoms with E-state index in [4.69, 9.17) is 9.47 Å². The number of hydrogen-bond acceptors (Lipinski definition) is 6. The van der Waals surface area contributed by atoms with Crippen molar-refractivity contribution in [1.82, 2.24) is 16.0 Å². The Morgan fingerprint density at radius 2 is 1.00 bits per heavy atom. The van der Waals surface area contributed by atoms with Crippen LogP contribution in [0.4, 0.5) is 4.79 Å². The van der Waals surface area contributed by atoms with Crippen LogP contribution in [0.3, 0.4) is 0 Å². The van der Waals surface area contributed by atoms with E-state index in [1.165, 1.54) is 7.11 Å². The molecule has 0 aromatic carbocycles. The molecule has 3 amide bonds. The Morgan fingerprint density at radius 1 is 0.633 bits per heavy atom. The minimum atomic E-state index is -0.906. The number of amides is 3. The Bertz CT molecular complexity index is 648. The Morgan fingerprint density at radius 3 is 1.37 bits per heavy atom. The molecule has 3 N–H and O–H groups in total. The van der Waals surface area contributed by atoms with Gasteiger partial charge in [0.25, 0.3) is 0 Å². The molecule has 0 spiro atoms. The maximum Gasteiger partial charge on any atom is 0.407 e. The van der Waals surface area contributed by atoms with E-state index in [1.54, 1.807) is 62.3 Å². The minimum Gasteiger partial charge on any atom is -0.469 e. The van der Waals surface area contributed by atoms with Gasteiger partial charge in [-0.1, -0.05) is 0 Å². The summed E-state index contributed by atoms with van der Waals surface area (Å²) in [6.07, 6.45) is -0.601. The molecular weight excluding hydrogens is 392 g/mol. The molecule has 0 heterocycles. The molecule has 0 bridgehead atoms. The monoisotopic (exact) mass is 431 g/mol. The molecule has 0 saturated heterocycles. The van der Waals surface area contributed by atoms with Gasteiger partial charge in [0.2, 0.25) is 11.8 Å². The van der Waals surface area contributed by atoms with Crippen LogP contribution in [0.25, 0.3) is 0 Å². The lowest BCUT2D eigenvalue weighted by molar-refractivity contribution is -0.150. The molecule has 0 fully saturated rings. The standard InChI is InChI=1S/C21H39N3O6/c1-18(2,3)30-17(28)24-12-20(6,7)15(26)22-11-19(4,5)14(25)23-13-21(8,9)16(27)29-10/h11-13H2,1-10H3,(H,22,26)(H,23,25)(H,24,28)/i12+1,24+1. The lowest BCUT2D eigenvalue weighted by Gasteiger charge is -2.30. The first-order valence-electron chi connectivity index (χ1n) is 9.96. The highest BCUT2D eigenvalue weighted by Crippen LogP contribution is 2.20. The fourth-order valence-electron chi connectivity index (χ4n) is 2.20. The third kappa shape index (κ3) is 9.45. The van der Waals surface area contributed by atoms with Crippen molar-refractivity contribution in [3.05, 3.63) is 0 Å². The van der Waals surface area contributed by atoms with Crippen LogP contribution < -0.4 is 16.0 Å². The minimum absolute atomic E-state index is 0.0771. The van der Waals surface area contributed by atoms with E-state index in [9.17, 15) is 19.2 Å². The van der Waals surface area contributed by atoms with Crippen molar-refractivity contribution in [2.75, 3.05) is 26.7 Å². The predicted molar refractivity (Wildman–Crippen MR) is 114 cm³/mol. The second kappa shape index (κ2) is 10.1. The maximum absolute atomic E-state index is 12.6. The molecule has 0 aliphatic heterocycles. The molecular formula is C21H39N3O6. The van der Waals surface area contributed by atoms with Crippen LogP contribution in [0.2, 0.25) is 0 Å². The highest BCUT2D eigenvalue weighted by Gasteiger charge is 2.35. The first-order chi connectivity index (χ1) is 13.3. The van der Waals surface area contributed by atoms with E-state index in [2.05, 4.69) is 16.0 Å². The topological polar surface area (TPSA) is 123 Å². The molecule has 174 valence electrons. The van der Waals surface area contributed by atoms with Crippen LogP contribution >= 0.6 is 0 Å². The summed E-state index contributed by atoms with van der Waals surface area (Å²) in [5, 5.41) is 8.09. The molecule has 9 nitrogen and oxygen atoms in total. The zero-order valence-electron chi connectivity index (χ0n) is 20.1. The smallest absolute Gasteiger partial charge is 0.407 e. The van der Waals surface area contributed by atoms with Gasteiger partial charge in [-0.2, -0.15) is 0 Å². The normalized spacial score (nSPS) is 12.6. The van der Waals surface area contributed by atoms with Gasteiger partial charge in [0, 0.05) is 19.6 Å². The van der Waals surface area contributed by atoms with Crippen molar-refractivity contribution < 1.29 is 28.7 Å². The van der Waals surface area contributed by atoms with Crippen molar-refractivity contribution in [2.45, 2.75) is 67.9 Å². The Kier molecular flexibility index (Phi) is 9.34. The van der Waals surface area contributed by atoms with Gasteiger partial charge in [0.1, 0.15) is 5.60 Å². The number of carbonyl (C=O) groups excluding carboxylic acids is 4. The van der Waals surface area contributed by atoms with Crippen LogP contribution in [0.15, 0.2) is 0 Å². The predicted octanol–water partition coefficient (Wildman–Crippen LogP) is 2.00. The number of carbonyl (C=O) groups is 4. The summed E-state index contributed by atoms with van der Waals surface area (Å²) in [6.45, 7) is 15.7. The number of esters is 1. The molecule has 0 rings (SSSR count). The fraction of sp³-hybridized carbons (Fsp3) is 0.810. The second-order valence-electron chi connectivity index (χ2n) is 10.4. The van der Waals surface area contributed by atoms with Gasteiger partial charge in [-0.25, -0.2) is 4.79 Å². The van der Waals surface area contributed by atoms with Crippen molar-refractivity contribution >= 4 is 23.9 Å². The molecule has 0 radical (unpaired) electrons. The number of hydrogen-bond donors (Lipinski definition) is 3. The molecule has 0 unspecified atom stereocenters. The summed E-state index contributed by atoms with van der Waals surface area (Å²) in [5.74, 6) is -1.04. The Hall–Kier alpha value is -2.32. The maximum atomic E-state index is 12.6. The fourth-order valence-corrected chi connectivity index (χ4v) is 2.20. The number of ether oxygens (including phenoxy) is 2. The molecule has 9 heteroatoms. The van der Waals surface area contributed by atoms with Gasteiger partial charge in [0.05, 0.1) is 23.4 Å². The van der Waals surface area contributed by atoms with Crippen LogP contribution in [0.1, 0.15) is 62.3 Å². The summed E-state index contributed by atoms with van der Waals surface area (Å²) in [7, 11) is 1.30. The quantitative estimate of drug-likeness (QED) is 0.291. The first kappa shape index (κ1) is 27.7. The van der Waals surface area contributed by atoms with Gasteiger partial charge in [0.15, 0.2) is 0 Å². The van der Waals surface area contributed by atoms with Gasteiger partial charge in [-0.05, 0) is 62.3 Å². The van der Waals surface area contributed by atoms with Crippen molar-refractivity contribution in [1.29, 1.82) is 0 Å². The second-order valence-corrected chi connectivity index (χ2v) is 10.4.